The van der Waals surface area contributed by atoms with E-state index in [-0.39, 0.29) is 29.1 Å². The normalized spacial score (nSPS) is 10.8. The Labute approximate surface area is 127 Å². The van der Waals surface area contributed by atoms with Crippen molar-refractivity contribution in [3.63, 3.8) is 0 Å². The highest BCUT2D eigenvalue weighted by Crippen LogP contribution is 2.33. The average Bonchev–Trinajstić information content (AvgIpc) is 2.33. The number of hydrogen-bond donors (Lipinski definition) is 2. The van der Waals surface area contributed by atoms with Crippen molar-refractivity contribution in [1.82, 2.24) is 4.90 Å². The highest BCUT2D eigenvalue weighted by atomic mass is 35.5. The quantitative estimate of drug-likeness (QED) is 0.845. The van der Waals surface area contributed by atoms with E-state index in [2.05, 4.69) is 5.32 Å². The first-order valence-corrected chi connectivity index (χ1v) is 6.89. The summed E-state index contributed by atoms with van der Waals surface area (Å²) >= 11 is 17.7. The van der Waals surface area contributed by atoms with Crippen molar-refractivity contribution in [2.24, 2.45) is 0 Å². The Balaban J connectivity index is 2.72. The molecule has 0 bridgehead atoms. The third kappa shape index (κ3) is 5.16. The molecule has 106 valence electrons. The number of benzene rings is 1. The van der Waals surface area contributed by atoms with Gasteiger partial charge in [0.05, 0.1) is 28.9 Å². The van der Waals surface area contributed by atoms with Crippen molar-refractivity contribution >= 4 is 46.4 Å². The third-order valence-electron chi connectivity index (χ3n) is 2.50. The first kappa shape index (κ1) is 16.5. The van der Waals surface area contributed by atoms with Crippen LogP contribution in [0, 0.1) is 0 Å². The number of rotatable bonds is 6. The number of likely N-dealkylation sites (N-methyl/N-ethyl adjacent to an activating group) is 1. The maximum atomic E-state index is 11.9. The molecule has 7 heteroatoms. The minimum Gasteiger partial charge on any atom is -0.395 e. The molecule has 0 aromatic heterocycles. The van der Waals surface area contributed by atoms with Crippen LogP contribution in [0.15, 0.2) is 12.1 Å². The highest BCUT2D eigenvalue weighted by Gasteiger charge is 2.13. The summed E-state index contributed by atoms with van der Waals surface area (Å²) in [6, 6.07) is 3.02. The number of anilines is 1. The number of aliphatic hydroxyl groups excluding tert-OH is 1. The Kier molecular flexibility index (Phi) is 6.89. The Morgan fingerprint density at radius 1 is 1.32 bits per heavy atom. The van der Waals surface area contributed by atoms with Gasteiger partial charge in [-0.2, -0.15) is 0 Å². The first-order chi connectivity index (χ1) is 8.97. The molecule has 0 saturated carbocycles. The van der Waals surface area contributed by atoms with Crippen LogP contribution in [0.25, 0.3) is 0 Å². The molecule has 0 spiro atoms. The lowest BCUT2D eigenvalue weighted by atomic mass is 10.3. The zero-order valence-electron chi connectivity index (χ0n) is 10.4. The van der Waals surface area contributed by atoms with Gasteiger partial charge < -0.3 is 10.4 Å². The van der Waals surface area contributed by atoms with Crippen LogP contribution in [0.5, 0.6) is 0 Å². The molecule has 0 radical (unpaired) electrons. The molecule has 1 aromatic rings. The highest BCUT2D eigenvalue weighted by molar-refractivity contribution is 6.42. The van der Waals surface area contributed by atoms with Gasteiger partial charge in [-0.05, 0) is 18.7 Å². The van der Waals surface area contributed by atoms with Crippen LogP contribution in [-0.4, -0.2) is 42.2 Å². The largest absolute Gasteiger partial charge is 0.395 e. The van der Waals surface area contributed by atoms with E-state index in [1.807, 2.05) is 6.92 Å². The van der Waals surface area contributed by atoms with E-state index < -0.39 is 0 Å². The van der Waals surface area contributed by atoms with Crippen molar-refractivity contribution in [2.45, 2.75) is 6.92 Å². The molecule has 19 heavy (non-hydrogen) atoms. The molecule has 2 N–H and O–H groups in total. The molecule has 0 aliphatic rings. The number of carbonyl (C=O) groups is 1. The molecule has 0 unspecified atom stereocenters. The number of hydrogen-bond acceptors (Lipinski definition) is 3. The minimum atomic E-state index is -0.249. The summed E-state index contributed by atoms with van der Waals surface area (Å²) in [6.07, 6.45) is 0. The molecule has 1 aromatic carbocycles. The van der Waals surface area contributed by atoms with E-state index in [1.54, 1.807) is 4.90 Å². The van der Waals surface area contributed by atoms with Crippen LogP contribution in [0.1, 0.15) is 6.92 Å². The van der Waals surface area contributed by atoms with Gasteiger partial charge in [0.1, 0.15) is 0 Å². The van der Waals surface area contributed by atoms with Crippen molar-refractivity contribution < 1.29 is 9.90 Å². The Morgan fingerprint density at radius 3 is 2.37 bits per heavy atom. The Morgan fingerprint density at radius 2 is 1.89 bits per heavy atom. The second-order valence-corrected chi connectivity index (χ2v) is 5.14. The fraction of sp³-hybridized carbons (Fsp3) is 0.417. The molecular formula is C12H15Cl3N2O2. The lowest BCUT2D eigenvalue weighted by Crippen LogP contribution is -2.35. The summed E-state index contributed by atoms with van der Waals surface area (Å²) in [7, 11) is 0. The van der Waals surface area contributed by atoms with E-state index in [0.717, 1.165) is 0 Å². The van der Waals surface area contributed by atoms with E-state index in [4.69, 9.17) is 39.9 Å². The zero-order valence-corrected chi connectivity index (χ0v) is 12.7. The van der Waals surface area contributed by atoms with Crippen LogP contribution in [0.3, 0.4) is 0 Å². The van der Waals surface area contributed by atoms with E-state index in [1.165, 1.54) is 12.1 Å². The summed E-state index contributed by atoms with van der Waals surface area (Å²) in [5.41, 5.74) is 0.345. The second kappa shape index (κ2) is 7.92. The standard InChI is InChI=1S/C12H15Cl3N2O2/c1-2-17(3-4-18)7-11(19)16-12-9(14)5-8(13)6-10(12)15/h5-6,18H,2-4,7H2,1H3,(H,16,19). The average molecular weight is 326 g/mol. The summed E-state index contributed by atoms with van der Waals surface area (Å²) in [5.74, 6) is -0.249. The van der Waals surface area contributed by atoms with Gasteiger partial charge in [-0.3, -0.25) is 9.69 Å². The maximum absolute atomic E-state index is 11.9. The maximum Gasteiger partial charge on any atom is 0.238 e. The molecule has 0 fully saturated rings. The van der Waals surface area contributed by atoms with Crippen LogP contribution in [-0.2, 0) is 4.79 Å². The second-order valence-electron chi connectivity index (χ2n) is 3.88. The summed E-state index contributed by atoms with van der Waals surface area (Å²) in [4.78, 5) is 13.7. The first-order valence-electron chi connectivity index (χ1n) is 5.75. The molecule has 0 heterocycles. The predicted octanol–water partition coefficient (Wildman–Crippen LogP) is 2.90. The fourth-order valence-electron chi connectivity index (χ4n) is 1.53. The predicted molar refractivity (Wildman–Crippen MR) is 79.3 cm³/mol. The van der Waals surface area contributed by atoms with Crippen LogP contribution in [0.4, 0.5) is 5.69 Å². The topological polar surface area (TPSA) is 52.6 Å². The van der Waals surface area contributed by atoms with Gasteiger partial charge in [-0.15, -0.1) is 0 Å². The number of aliphatic hydroxyl groups is 1. The summed E-state index contributed by atoms with van der Waals surface area (Å²) in [6.45, 7) is 3.17. The molecule has 0 aliphatic heterocycles. The number of carbonyl (C=O) groups excluding carboxylic acids is 1. The van der Waals surface area contributed by atoms with Gasteiger partial charge >= 0.3 is 0 Å². The van der Waals surface area contributed by atoms with Crippen molar-refractivity contribution in [2.75, 3.05) is 31.6 Å². The molecule has 4 nitrogen and oxygen atoms in total. The van der Waals surface area contributed by atoms with Gasteiger partial charge in [-0.25, -0.2) is 0 Å². The van der Waals surface area contributed by atoms with E-state index in [0.29, 0.717) is 23.8 Å². The molecule has 1 rings (SSSR count). The van der Waals surface area contributed by atoms with Crippen LogP contribution >= 0.6 is 34.8 Å². The van der Waals surface area contributed by atoms with Gasteiger partial charge in [-0.1, -0.05) is 41.7 Å². The van der Waals surface area contributed by atoms with E-state index >= 15 is 0 Å². The van der Waals surface area contributed by atoms with Gasteiger partial charge in [0, 0.05) is 11.6 Å². The van der Waals surface area contributed by atoms with Crippen molar-refractivity contribution in [1.29, 1.82) is 0 Å². The fourth-order valence-corrected chi connectivity index (χ4v) is 2.45. The smallest absolute Gasteiger partial charge is 0.238 e. The number of halogens is 3. The molecule has 1 amide bonds. The monoisotopic (exact) mass is 324 g/mol. The van der Waals surface area contributed by atoms with Crippen LogP contribution in [0.2, 0.25) is 15.1 Å². The SMILES string of the molecule is CCN(CCO)CC(=O)Nc1c(Cl)cc(Cl)cc1Cl. The number of nitrogens with one attached hydrogen (secondary N) is 1. The van der Waals surface area contributed by atoms with E-state index in [9.17, 15) is 4.79 Å². The Hall–Kier alpha value is -0.520. The molecule has 0 atom stereocenters. The molecule has 0 aliphatic carbocycles. The lowest BCUT2D eigenvalue weighted by Gasteiger charge is -2.19. The molecular weight excluding hydrogens is 311 g/mol. The Bertz CT molecular complexity index is 432. The van der Waals surface area contributed by atoms with Gasteiger partial charge in [0.2, 0.25) is 5.91 Å². The number of nitrogens with zero attached hydrogens (tertiary/aromatic N) is 1. The van der Waals surface area contributed by atoms with Crippen molar-refractivity contribution in [3.8, 4) is 0 Å². The van der Waals surface area contributed by atoms with Gasteiger partial charge in [0.25, 0.3) is 0 Å². The van der Waals surface area contributed by atoms with Crippen LogP contribution < -0.4 is 5.32 Å². The summed E-state index contributed by atoms with van der Waals surface area (Å²) < 4.78 is 0. The van der Waals surface area contributed by atoms with Crippen molar-refractivity contribution in [3.05, 3.63) is 27.2 Å². The van der Waals surface area contributed by atoms with Gasteiger partial charge in [0.15, 0.2) is 0 Å². The third-order valence-corrected chi connectivity index (χ3v) is 3.32. The lowest BCUT2D eigenvalue weighted by molar-refractivity contribution is -0.117. The minimum absolute atomic E-state index is 0.00355. The number of amides is 1. The summed E-state index contributed by atoms with van der Waals surface area (Å²) in [5, 5.41) is 12.5. The zero-order chi connectivity index (χ0) is 14.4. The molecule has 0 saturated heterocycles.